The van der Waals surface area contributed by atoms with Crippen molar-refractivity contribution in [3.63, 3.8) is 0 Å². The van der Waals surface area contributed by atoms with Gasteiger partial charge in [0.2, 0.25) is 11.8 Å². The lowest BCUT2D eigenvalue weighted by atomic mass is 10.2. The van der Waals surface area contributed by atoms with E-state index in [9.17, 15) is 9.59 Å². The number of carbonyl (C=O) groups is 2. The summed E-state index contributed by atoms with van der Waals surface area (Å²) in [7, 11) is 0. The number of amides is 2. The molecule has 2 aromatic rings. The predicted octanol–water partition coefficient (Wildman–Crippen LogP) is 3.44. The first-order valence-corrected chi connectivity index (χ1v) is 9.56. The first kappa shape index (κ1) is 18.7. The van der Waals surface area contributed by atoms with E-state index in [1.54, 1.807) is 26.8 Å². The van der Waals surface area contributed by atoms with Gasteiger partial charge in [-0.1, -0.05) is 0 Å². The van der Waals surface area contributed by atoms with E-state index in [2.05, 4.69) is 36.8 Å². The van der Waals surface area contributed by atoms with E-state index in [0.717, 1.165) is 4.90 Å². The van der Waals surface area contributed by atoms with E-state index < -0.39 is 17.7 Å². The van der Waals surface area contributed by atoms with E-state index in [1.807, 2.05) is 12.1 Å². The Morgan fingerprint density at radius 2 is 2.19 bits per heavy atom. The van der Waals surface area contributed by atoms with Crippen LogP contribution in [-0.2, 0) is 9.53 Å². The summed E-state index contributed by atoms with van der Waals surface area (Å²) in [5.74, 6) is 0.418. The Morgan fingerprint density at radius 3 is 2.85 bits per heavy atom. The Kier molecular flexibility index (Phi) is 5.24. The minimum absolute atomic E-state index is 0.280. The highest BCUT2D eigenvalue weighted by molar-refractivity contribution is 9.10. The number of ether oxygens (including phenoxy) is 1. The standard InChI is InChI=1S/C16H17BrN4O4S/c1-16(2,3)25-15(23)19-10-7-26-11-5-4-8(6-9(11)18-12(10)22)13-20-21-14(17)24-13/h4-6,10H,7H2,1-3H3,(H,18,22)(H,19,23)/t10-/m0/s1. The molecule has 1 aromatic carbocycles. The summed E-state index contributed by atoms with van der Waals surface area (Å²) < 4.78 is 10.6. The van der Waals surface area contributed by atoms with Gasteiger partial charge in [-0.3, -0.25) is 4.79 Å². The van der Waals surface area contributed by atoms with E-state index in [1.165, 1.54) is 11.8 Å². The number of benzene rings is 1. The highest BCUT2D eigenvalue weighted by Crippen LogP contribution is 2.34. The number of thioether (sulfide) groups is 1. The van der Waals surface area contributed by atoms with Gasteiger partial charge in [-0.2, -0.15) is 0 Å². The van der Waals surface area contributed by atoms with E-state index >= 15 is 0 Å². The molecule has 1 aliphatic heterocycles. The molecule has 0 unspecified atom stereocenters. The van der Waals surface area contributed by atoms with Crippen molar-refractivity contribution in [2.75, 3.05) is 11.1 Å². The minimum atomic E-state index is -0.705. The summed E-state index contributed by atoms with van der Waals surface area (Å²) in [5, 5.41) is 13.1. The molecular weight excluding hydrogens is 424 g/mol. The predicted molar refractivity (Wildman–Crippen MR) is 99.9 cm³/mol. The van der Waals surface area contributed by atoms with Gasteiger partial charge in [0.1, 0.15) is 11.6 Å². The van der Waals surface area contributed by atoms with Crippen LogP contribution in [0.25, 0.3) is 11.5 Å². The van der Waals surface area contributed by atoms with Crippen LogP contribution in [0, 0.1) is 0 Å². The van der Waals surface area contributed by atoms with Crippen molar-refractivity contribution < 1.29 is 18.7 Å². The highest BCUT2D eigenvalue weighted by atomic mass is 79.9. The lowest BCUT2D eigenvalue weighted by molar-refractivity contribution is -0.117. The van der Waals surface area contributed by atoms with E-state index in [4.69, 9.17) is 9.15 Å². The van der Waals surface area contributed by atoms with Gasteiger partial charge < -0.3 is 19.8 Å². The number of hydrogen-bond donors (Lipinski definition) is 2. The summed E-state index contributed by atoms with van der Waals surface area (Å²) in [6, 6.07) is 4.75. The number of rotatable bonds is 2. The van der Waals surface area contributed by atoms with Gasteiger partial charge in [-0.05, 0) is 39.0 Å². The first-order chi connectivity index (χ1) is 12.2. The van der Waals surface area contributed by atoms with Crippen molar-refractivity contribution in [2.45, 2.75) is 37.3 Å². The third-order valence-corrected chi connectivity index (χ3v) is 4.79. The number of alkyl carbamates (subject to hydrolysis) is 1. The molecule has 1 aliphatic rings. The Hall–Kier alpha value is -2.07. The molecule has 0 aliphatic carbocycles. The first-order valence-electron chi connectivity index (χ1n) is 7.78. The quantitative estimate of drug-likeness (QED) is 0.736. The lowest BCUT2D eigenvalue weighted by Gasteiger charge is -2.22. The zero-order valence-corrected chi connectivity index (χ0v) is 16.7. The maximum Gasteiger partial charge on any atom is 0.408 e. The molecule has 0 saturated carbocycles. The molecule has 8 nitrogen and oxygen atoms in total. The van der Waals surface area contributed by atoms with Gasteiger partial charge in [0.05, 0.1) is 5.69 Å². The molecule has 26 heavy (non-hydrogen) atoms. The maximum absolute atomic E-state index is 12.5. The fourth-order valence-electron chi connectivity index (χ4n) is 2.23. The van der Waals surface area contributed by atoms with Crippen molar-refractivity contribution in [3.8, 4) is 11.5 Å². The second-order valence-electron chi connectivity index (χ2n) is 6.57. The number of hydrogen-bond acceptors (Lipinski definition) is 7. The number of nitrogens with one attached hydrogen (secondary N) is 2. The third-order valence-electron chi connectivity index (χ3n) is 3.30. The van der Waals surface area contributed by atoms with Gasteiger partial charge in [-0.15, -0.1) is 22.0 Å². The van der Waals surface area contributed by atoms with Crippen LogP contribution in [0.1, 0.15) is 20.8 Å². The summed E-state index contributed by atoms with van der Waals surface area (Å²) in [4.78, 5) is 25.6. The molecule has 138 valence electrons. The molecular formula is C16H17BrN4O4S. The number of anilines is 1. The van der Waals surface area contributed by atoms with Gasteiger partial charge in [0.25, 0.3) is 4.80 Å². The maximum atomic E-state index is 12.5. The number of nitrogens with zero attached hydrogens (tertiary/aromatic N) is 2. The highest BCUT2D eigenvalue weighted by Gasteiger charge is 2.28. The summed E-state index contributed by atoms with van der Waals surface area (Å²) in [5.41, 5.74) is 0.677. The molecule has 3 rings (SSSR count). The van der Waals surface area contributed by atoms with Crippen LogP contribution >= 0.6 is 27.7 Å². The molecule has 0 bridgehead atoms. The Balaban J connectivity index is 1.74. The van der Waals surface area contributed by atoms with Crippen molar-refractivity contribution in [1.29, 1.82) is 0 Å². The molecule has 1 aromatic heterocycles. The fourth-order valence-corrected chi connectivity index (χ4v) is 3.48. The summed E-state index contributed by atoms with van der Waals surface area (Å²) in [6.07, 6.45) is -0.624. The van der Waals surface area contributed by atoms with Crippen molar-refractivity contribution in [1.82, 2.24) is 15.5 Å². The van der Waals surface area contributed by atoms with Crippen molar-refractivity contribution >= 4 is 45.4 Å². The Labute approximate surface area is 162 Å². The third kappa shape index (κ3) is 4.55. The topological polar surface area (TPSA) is 106 Å². The van der Waals surface area contributed by atoms with Gasteiger partial charge in [0.15, 0.2) is 0 Å². The molecule has 0 saturated heterocycles. The van der Waals surface area contributed by atoms with Crippen LogP contribution in [0.3, 0.4) is 0 Å². The molecule has 2 amide bonds. The summed E-state index contributed by atoms with van der Waals surface area (Å²) in [6.45, 7) is 5.30. The Morgan fingerprint density at radius 1 is 1.42 bits per heavy atom. The van der Waals surface area contributed by atoms with Crippen LogP contribution in [-0.4, -0.2) is 39.6 Å². The number of carbonyl (C=O) groups excluding carboxylic acids is 2. The number of halogens is 1. The molecule has 2 N–H and O–H groups in total. The van der Waals surface area contributed by atoms with Crippen LogP contribution in [0.15, 0.2) is 32.3 Å². The second-order valence-corrected chi connectivity index (χ2v) is 8.31. The zero-order valence-electron chi connectivity index (χ0n) is 14.3. The van der Waals surface area contributed by atoms with E-state index in [0.29, 0.717) is 22.9 Å². The van der Waals surface area contributed by atoms with Gasteiger partial charge in [0, 0.05) is 32.1 Å². The minimum Gasteiger partial charge on any atom is -0.444 e. The van der Waals surface area contributed by atoms with Crippen LogP contribution < -0.4 is 10.6 Å². The molecule has 1 atom stereocenters. The van der Waals surface area contributed by atoms with Crippen LogP contribution in [0.2, 0.25) is 0 Å². The lowest BCUT2D eigenvalue weighted by Crippen LogP contribution is -2.46. The molecule has 0 spiro atoms. The Bertz CT molecular complexity index is 849. The SMILES string of the molecule is CC(C)(C)OC(=O)N[C@H]1CSc2ccc(-c3nnc(Br)o3)cc2NC1=O. The molecule has 2 heterocycles. The molecule has 0 fully saturated rings. The zero-order chi connectivity index (χ0) is 18.9. The average molecular weight is 441 g/mol. The monoisotopic (exact) mass is 440 g/mol. The molecule has 10 heteroatoms. The number of fused-ring (bicyclic) bond motifs is 1. The van der Waals surface area contributed by atoms with Gasteiger partial charge >= 0.3 is 6.09 Å². The van der Waals surface area contributed by atoms with Gasteiger partial charge in [-0.25, -0.2) is 4.79 Å². The average Bonchev–Trinajstić information content (AvgIpc) is 2.90. The second kappa shape index (κ2) is 7.28. The fraction of sp³-hybridized carbons (Fsp3) is 0.375. The van der Waals surface area contributed by atoms with Crippen molar-refractivity contribution in [2.24, 2.45) is 0 Å². The molecule has 0 radical (unpaired) electrons. The normalized spacial score (nSPS) is 17.1. The summed E-state index contributed by atoms with van der Waals surface area (Å²) >= 11 is 4.57. The number of aromatic nitrogens is 2. The van der Waals surface area contributed by atoms with E-state index in [-0.39, 0.29) is 10.7 Å². The van der Waals surface area contributed by atoms with Crippen LogP contribution in [0.5, 0.6) is 0 Å². The largest absolute Gasteiger partial charge is 0.444 e. The van der Waals surface area contributed by atoms with Crippen molar-refractivity contribution in [3.05, 3.63) is 23.0 Å². The smallest absolute Gasteiger partial charge is 0.408 e. The van der Waals surface area contributed by atoms with Crippen LogP contribution in [0.4, 0.5) is 10.5 Å².